The predicted molar refractivity (Wildman–Crippen MR) is 141 cm³/mol. The van der Waals surface area contributed by atoms with Gasteiger partial charge in [0.15, 0.2) is 0 Å². The fourth-order valence-corrected chi connectivity index (χ4v) is 4.73. The minimum Gasteiger partial charge on any atom is -0.353 e. The molecule has 0 aromatic carbocycles. The molecule has 0 bridgehead atoms. The third kappa shape index (κ3) is 3.81. The number of hydrogen-bond acceptors (Lipinski definition) is 6. The summed E-state index contributed by atoms with van der Waals surface area (Å²) in [6, 6.07) is 13.7. The number of H-pyrrole nitrogens is 2. The Morgan fingerprint density at radius 3 is 2.62 bits per heavy atom. The molecule has 180 valence electrons. The molecule has 0 atom stereocenters. The average molecular weight is 487 g/mol. The molecule has 6 heterocycles. The van der Waals surface area contributed by atoms with Gasteiger partial charge in [0.25, 0.3) is 0 Å². The summed E-state index contributed by atoms with van der Waals surface area (Å²) in [5.41, 5.74) is 8.21. The Morgan fingerprint density at radius 2 is 1.78 bits per heavy atom. The Bertz CT molecular complexity index is 1770. The zero-order chi connectivity index (χ0) is 24.8. The van der Waals surface area contributed by atoms with E-state index in [0.717, 1.165) is 75.1 Å². The largest absolute Gasteiger partial charge is 0.353 e. The van der Waals surface area contributed by atoms with Gasteiger partial charge in [-0.1, -0.05) is 6.42 Å². The van der Waals surface area contributed by atoms with E-state index >= 15 is 0 Å². The van der Waals surface area contributed by atoms with Crippen molar-refractivity contribution in [3.8, 4) is 33.9 Å². The SMILES string of the molecule is O=C(Nc1cncc(-c2ccc3[nH]nc(-c4cc5c(-c6ccncc6)nccc5[nH]4)c3n2)c1)C1CCC1. The van der Waals surface area contributed by atoms with Gasteiger partial charge in [0.2, 0.25) is 5.91 Å². The molecule has 1 fully saturated rings. The zero-order valence-corrected chi connectivity index (χ0v) is 19.8. The summed E-state index contributed by atoms with van der Waals surface area (Å²) in [5, 5.41) is 11.6. The van der Waals surface area contributed by atoms with E-state index in [1.54, 1.807) is 31.0 Å². The number of aromatic amines is 2. The molecule has 1 aliphatic rings. The van der Waals surface area contributed by atoms with Gasteiger partial charge in [-0.25, -0.2) is 4.98 Å². The van der Waals surface area contributed by atoms with Crippen LogP contribution in [0.25, 0.3) is 55.8 Å². The Hall–Kier alpha value is -4.92. The van der Waals surface area contributed by atoms with Crippen LogP contribution in [0.4, 0.5) is 5.69 Å². The second-order valence-corrected chi connectivity index (χ2v) is 9.28. The van der Waals surface area contributed by atoms with E-state index in [1.165, 1.54) is 0 Å². The number of pyridine rings is 4. The molecule has 0 spiro atoms. The molecule has 3 N–H and O–H groups in total. The highest BCUT2D eigenvalue weighted by atomic mass is 16.1. The number of amides is 1. The number of carbonyl (C=O) groups is 1. The van der Waals surface area contributed by atoms with Gasteiger partial charge in [-0.05, 0) is 55.3 Å². The highest BCUT2D eigenvalue weighted by molar-refractivity contribution is 5.99. The summed E-state index contributed by atoms with van der Waals surface area (Å²) in [5.74, 6) is 0.169. The standard InChI is InChI=1S/C28H22N8O/c37-28(17-2-1-3-17)32-19-12-18(14-30-15-19)21-4-5-23-26(34-21)27(36-35-23)24-13-20-22(33-24)8-11-31-25(20)16-6-9-29-10-7-16/h4-15,17,33H,1-3H2,(H,32,37)(H,35,36). The lowest BCUT2D eigenvalue weighted by molar-refractivity contribution is -0.122. The third-order valence-corrected chi connectivity index (χ3v) is 6.94. The van der Waals surface area contributed by atoms with E-state index in [2.05, 4.69) is 41.5 Å². The summed E-state index contributed by atoms with van der Waals surface area (Å²) < 4.78 is 0. The minimum absolute atomic E-state index is 0.0603. The van der Waals surface area contributed by atoms with Crippen LogP contribution in [-0.4, -0.2) is 41.0 Å². The van der Waals surface area contributed by atoms with Crippen molar-refractivity contribution in [2.45, 2.75) is 19.3 Å². The van der Waals surface area contributed by atoms with Crippen molar-refractivity contribution in [3.05, 3.63) is 73.4 Å². The number of rotatable bonds is 5. The molecule has 0 unspecified atom stereocenters. The van der Waals surface area contributed by atoms with Crippen molar-refractivity contribution in [2.24, 2.45) is 5.92 Å². The number of anilines is 1. The first-order chi connectivity index (χ1) is 18.2. The van der Waals surface area contributed by atoms with Gasteiger partial charge in [0.1, 0.15) is 11.2 Å². The van der Waals surface area contributed by atoms with E-state index in [4.69, 9.17) is 4.98 Å². The van der Waals surface area contributed by atoms with Gasteiger partial charge in [-0.2, -0.15) is 5.10 Å². The van der Waals surface area contributed by atoms with Gasteiger partial charge >= 0.3 is 0 Å². The van der Waals surface area contributed by atoms with Crippen LogP contribution in [0.2, 0.25) is 0 Å². The lowest BCUT2D eigenvalue weighted by Gasteiger charge is -2.24. The Morgan fingerprint density at radius 1 is 0.892 bits per heavy atom. The molecule has 1 aliphatic carbocycles. The van der Waals surface area contributed by atoms with E-state index in [1.807, 2.05) is 36.4 Å². The van der Waals surface area contributed by atoms with Gasteiger partial charge in [-0.3, -0.25) is 24.8 Å². The highest BCUT2D eigenvalue weighted by Crippen LogP contribution is 2.33. The molecule has 0 aliphatic heterocycles. The van der Waals surface area contributed by atoms with Gasteiger partial charge in [0.05, 0.1) is 34.5 Å². The molecule has 7 rings (SSSR count). The fourth-order valence-electron chi connectivity index (χ4n) is 4.73. The van der Waals surface area contributed by atoms with Crippen molar-refractivity contribution in [2.75, 3.05) is 5.32 Å². The van der Waals surface area contributed by atoms with Crippen LogP contribution in [0.3, 0.4) is 0 Å². The second-order valence-electron chi connectivity index (χ2n) is 9.28. The molecule has 0 saturated heterocycles. The van der Waals surface area contributed by atoms with E-state index in [9.17, 15) is 4.79 Å². The van der Waals surface area contributed by atoms with E-state index in [-0.39, 0.29) is 11.8 Å². The van der Waals surface area contributed by atoms with Crippen LogP contribution in [0.5, 0.6) is 0 Å². The predicted octanol–water partition coefficient (Wildman–Crippen LogP) is 5.36. The second kappa shape index (κ2) is 8.63. The quantitative estimate of drug-likeness (QED) is 0.301. The van der Waals surface area contributed by atoms with Crippen molar-refractivity contribution in [1.82, 2.24) is 35.1 Å². The summed E-state index contributed by atoms with van der Waals surface area (Å²) >= 11 is 0. The topological polar surface area (TPSA) is 125 Å². The number of nitrogens with one attached hydrogen (secondary N) is 3. The average Bonchev–Trinajstić information content (AvgIpc) is 3.52. The summed E-state index contributed by atoms with van der Waals surface area (Å²) in [6.07, 6.45) is 11.8. The maximum absolute atomic E-state index is 12.4. The zero-order valence-electron chi connectivity index (χ0n) is 19.8. The molecule has 6 aromatic heterocycles. The minimum atomic E-state index is 0.0603. The van der Waals surface area contributed by atoms with Crippen LogP contribution in [0.15, 0.2) is 73.4 Å². The maximum atomic E-state index is 12.4. The molecule has 6 aromatic rings. The normalized spacial score (nSPS) is 13.6. The van der Waals surface area contributed by atoms with Crippen molar-refractivity contribution >= 4 is 33.5 Å². The highest BCUT2D eigenvalue weighted by Gasteiger charge is 2.25. The molecule has 0 radical (unpaired) electrons. The number of nitrogens with zero attached hydrogens (tertiary/aromatic N) is 5. The van der Waals surface area contributed by atoms with Gasteiger partial charge in [0, 0.05) is 52.7 Å². The molecule has 37 heavy (non-hydrogen) atoms. The summed E-state index contributed by atoms with van der Waals surface area (Å²) in [6.45, 7) is 0. The lowest BCUT2D eigenvalue weighted by Crippen LogP contribution is -2.28. The van der Waals surface area contributed by atoms with Crippen molar-refractivity contribution in [3.63, 3.8) is 0 Å². The Labute approximate surface area is 211 Å². The van der Waals surface area contributed by atoms with Crippen LogP contribution in [0.1, 0.15) is 19.3 Å². The van der Waals surface area contributed by atoms with Crippen molar-refractivity contribution < 1.29 is 4.79 Å². The number of hydrogen-bond donors (Lipinski definition) is 3. The van der Waals surface area contributed by atoms with Crippen molar-refractivity contribution in [1.29, 1.82) is 0 Å². The maximum Gasteiger partial charge on any atom is 0.227 e. The molecule has 1 amide bonds. The Balaban J connectivity index is 1.26. The third-order valence-electron chi connectivity index (χ3n) is 6.94. The smallest absolute Gasteiger partial charge is 0.227 e. The first-order valence-electron chi connectivity index (χ1n) is 12.2. The summed E-state index contributed by atoms with van der Waals surface area (Å²) in [7, 11) is 0. The summed E-state index contributed by atoms with van der Waals surface area (Å²) in [4.78, 5) is 33.9. The lowest BCUT2D eigenvalue weighted by atomic mass is 9.85. The number of aromatic nitrogens is 7. The Kier molecular flexibility index (Phi) is 4.99. The molecule has 9 nitrogen and oxygen atoms in total. The van der Waals surface area contributed by atoms with E-state index in [0.29, 0.717) is 5.69 Å². The molecule has 1 saturated carbocycles. The molecular formula is C28H22N8O. The number of carbonyl (C=O) groups excluding carboxylic acids is 1. The fraction of sp³-hybridized carbons (Fsp3) is 0.143. The van der Waals surface area contributed by atoms with Crippen LogP contribution in [-0.2, 0) is 4.79 Å². The van der Waals surface area contributed by atoms with Gasteiger partial charge < -0.3 is 10.3 Å². The monoisotopic (exact) mass is 486 g/mol. The van der Waals surface area contributed by atoms with Crippen LogP contribution in [0, 0.1) is 5.92 Å². The first kappa shape index (κ1) is 21.4. The first-order valence-corrected chi connectivity index (χ1v) is 12.2. The van der Waals surface area contributed by atoms with E-state index < -0.39 is 0 Å². The molecule has 9 heteroatoms. The van der Waals surface area contributed by atoms with Crippen LogP contribution < -0.4 is 5.32 Å². The number of fused-ring (bicyclic) bond motifs is 2. The van der Waals surface area contributed by atoms with Crippen LogP contribution >= 0.6 is 0 Å². The molecular weight excluding hydrogens is 464 g/mol. The van der Waals surface area contributed by atoms with Gasteiger partial charge in [-0.15, -0.1) is 0 Å².